The monoisotopic (exact) mass is 595 g/mol. The average Bonchev–Trinajstić information content (AvgIpc) is 3.49. The normalized spacial score (nSPS) is 25.0. The molecule has 7 rings (SSSR count). The van der Waals surface area contributed by atoms with Gasteiger partial charge in [0.05, 0.1) is 30.3 Å². The topological polar surface area (TPSA) is 112 Å². The number of hydrogen-bond donors (Lipinski definition) is 1. The van der Waals surface area contributed by atoms with Gasteiger partial charge in [-0.25, -0.2) is 14.8 Å². The number of carboxylic acids is 1. The van der Waals surface area contributed by atoms with Gasteiger partial charge in [0.15, 0.2) is 10.5 Å². The highest BCUT2D eigenvalue weighted by molar-refractivity contribution is 7.19. The number of fused-ring (bicyclic) bond motifs is 2. The van der Waals surface area contributed by atoms with Crippen molar-refractivity contribution >= 4 is 39.4 Å². The van der Waals surface area contributed by atoms with E-state index in [1.165, 1.54) is 0 Å². The second kappa shape index (κ2) is 10.6. The predicted octanol–water partition coefficient (Wildman–Crippen LogP) is 5.26. The second-order valence-electron chi connectivity index (χ2n) is 11.0. The molecule has 2 fully saturated rings. The maximum absolute atomic E-state index is 11.5. The molecule has 0 aliphatic carbocycles. The summed E-state index contributed by atoms with van der Waals surface area (Å²) in [5.74, 6) is -0.0299. The fourth-order valence-corrected chi connectivity index (χ4v) is 6.87. The van der Waals surface area contributed by atoms with Gasteiger partial charge >= 0.3 is 5.97 Å². The van der Waals surface area contributed by atoms with Gasteiger partial charge in [0.2, 0.25) is 5.01 Å². The first-order valence-electron chi connectivity index (χ1n) is 13.9. The van der Waals surface area contributed by atoms with E-state index in [-0.39, 0.29) is 17.2 Å². The van der Waals surface area contributed by atoms with E-state index in [0.29, 0.717) is 40.2 Å². The Morgan fingerprint density at radius 2 is 1.98 bits per heavy atom. The molecule has 0 saturated carbocycles. The number of aromatic nitrogens is 4. The van der Waals surface area contributed by atoms with E-state index in [2.05, 4.69) is 25.5 Å². The lowest BCUT2D eigenvalue weighted by Gasteiger charge is -2.44. The fourth-order valence-electron chi connectivity index (χ4n) is 5.96. The quantitative estimate of drug-likeness (QED) is 0.305. The summed E-state index contributed by atoms with van der Waals surface area (Å²) in [5, 5.41) is 10.0. The molecule has 1 N–H and O–H groups in total. The van der Waals surface area contributed by atoms with Gasteiger partial charge in [-0.05, 0) is 56.5 Å². The molecular formula is C29H30ClN5O5S. The van der Waals surface area contributed by atoms with E-state index >= 15 is 0 Å². The van der Waals surface area contributed by atoms with Gasteiger partial charge < -0.3 is 23.9 Å². The second-order valence-corrected chi connectivity index (χ2v) is 12.4. The van der Waals surface area contributed by atoms with Crippen molar-refractivity contribution in [3.63, 3.8) is 0 Å². The Bertz CT molecular complexity index is 1580. The molecule has 41 heavy (non-hydrogen) atoms. The maximum Gasteiger partial charge on any atom is 0.365 e. The fraction of sp³-hybridized carbons (Fsp3) is 0.448. The molecule has 0 bridgehead atoms. The number of rotatable bonds is 7. The Morgan fingerprint density at radius 1 is 1.17 bits per heavy atom. The molecule has 4 aromatic rings. The third-order valence-electron chi connectivity index (χ3n) is 8.25. The zero-order valence-electron chi connectivity index (χ0n) is 22.5. The minimum Gasteiger partial charge on any atom is -0.476 e. The molecular weight excluding hydrogens is 566 g/mol. The van der Waals surface area contributed by atoms with Gasteiger partial charge in [0, 0.05) is 25.3 Å². The van der Waals surface area contributed by atoms with Crippen LogP contribution in [0.2, 0.25) is 5.02 Å². The number of piperidine rings is 1. The molecule has 10 nitrogen and oxygen atoms in total. The Kier molecular flexibility index (Phi) is 6.95. The summed E-state index contributed by atoms with van der Waals surface area (Å²) in [6.07, 6.45) is 4.48. The number of carboxylic acid groups (broad SMARTS) is 1. The first kappa shape index (κ1) is 26.8. The molecule has 1 unspecified atom stereocenters. The largest absolute Gasteiger partial charge is 0.476 e. The molecule has 3 aromatic heterocycles. The van der Waals surface area contributed by atoms with Gasteiger partial charge in [-0.1, -0.05) is 41.1 Å². The zero-order chi connectivity index (χ0) is 28.1. The van der Waals surface area contributed by atoms with Crippen molar-refractivity contribution in [2.45, 2.75) is 57.3 Å². The van der Waals surface area contributed by atoms with Gasteiger partial charge in [-0.15, -0.1) is 0 Å². The summed E-state index contributed by atoms with van der Waals surface area (Å²) in [6, 6.07) is 11.7. The van der Waals surface area contributed by atoms with Crippen molar-refractivity contribution in [3.05, 3.63) is 69.7 Å². The minimum atomic E-state index is -1.03. The smallest absolute Gasteiger partial charge is 0.365 e. The molecule has 3 atom stereocenters. The summed E-state index contributed by atoms with van der Waals surface area (Å²) in [6.45, 7) is 5.75. The number of halogens is 1. The van der Waals surface area contributed by atoms with Crippen molar-refractivity contribution in [1.82, 2.24) is 24.4 Å². The summed E-state index contributed by atoms with van der Waals surface area (Å²) in [4.78, 5) is 28.3. The van der Waals surface area contributed by atoms with Crippen molar-refractivity contribution in [2.24, 2.45) is 5.92 Å². The predicted molar refractivity (Wildman–Crippen MR) is 152 cm³/mol. The highest BCUT2D eigenvalue weighted by atomic mass is 35.5. The number of nitrogens with zero attached hydrogens (tertiary/aromatic N) is 5. The SMILES string of the molecule is C[C@@]1(c2ccc(Cl)cn2)Oc2ccccc2C(C2CCN(Cc3nc4sc(C(=O)O)nc4n3C[C@@H]3CCO3)CC2)O1. The van der Waals surface area contributed by atoms with E-state index in [0.717, 1.165) is 67.4 Å². The van der Waals surface area contributed by atoms with Crippen LogP contribution in [0.3, 0.4) is 0 Å². The molecule has 214 valence electrons. The molecule has 6 heterocycles. The third kappa shape index (κ3) is 5.10. The number of ether oxygens (including phenoxy) is 3. The first-order valence-corrected chi connectivity index (χ1v) is 15.1. The van der Waals surface area contributed by atoms with E-state index in [1.807, 2.05) is 31.2 Å². The minimum absolute atomic E-state index is 0.0654. The number of carbonyl (C=O) groups is 1. The molecule has 3 aliphatic heterocycles. The van der Waals surface area contributed by atoms with Crippen LogP contribution in [0.15, 0.2) is 42.6 Å². The molecule has 12 heteroatoms. The number of benzene rings is 1. The molecule has 1 aromatic carbocycles. The number of pyridine rings is 1. The number of para-hydroxylation sites is 1. The van der Waals surface area contributed by atoms with Gasteiger partial charge in [0.25, 0.3) is 5.79 Å². The Balaban J connectivity index is 1.09. The summed E-state index contributed by atoms with van der Waals surface area (Å²) in [7, 11) is 0. The molecule has 3 aliphatic rings. The Hall–Kier alpha value is -3.09. The van der Waals surface area contributed by atoms with Crippen molar-refractivity contribution in [1.29, 1.82) is 0 Å². The number of imidazole rings is 1. The maximum atomic E-state index is 11.5. The van der Waals surface area contributed by atoms with E-state index < -0.39 is 11.8 Å². The van der Waals surface area contributed by atoms with Crippen LogP contribution < -0.4 is 4.74 Å². The summed E-state index contributed by atoms with van der Waals surface area (Å²) < 4.78 is 20.8. The van der Waals surface area contributed by atoms with Gasteiger partial charge in [0.1, 0.15) is 17.3 Å². The van der Waals surface area contributed by atoms with E-state index in [4.69, 9.17) is 30.8 Å². The van der Waals surface area contributed by atoms with Crippen LogP contribution in [0.25, 0.3) is 10.5 Å². The lowest BCUT2D eigenvalue weighted by Crippen LogP contribution is -2.43. The van der Waals surface area contributed by atoms with Crippen LogP contribution in [-0.2, 0) is 28.4 Å². The molecule has 0 radical (unpaired) electrons. The van der Waals surface area contributed by atoms with Crippen LogP contribution in [0.5, 0.6) is 5.75 Å². The summed E-state index contributed by atoms with van der Waals surface area (Å²) >= 11 is 7.22. The molecule has 0 amide bonds. The standard InChI is InChI=1S/C29H30ClN5O5S/c1-29(22-7-6-18(30)14-31-22)39-21-5-3-2-4-20(21)24(40-29)17-8-11-34(12-9-17)16-23-32-26-25(33-27(41-26)28(36)37)35(23)15-19-10-13-38-19/h2-7,14,17,19,24H,8-13,15-16H2,1H3,(H,36,37)/t19-,24?,29+/m0/s1. The van der Waals surface area contributed by atoms with Crippen LogP contribution in [0.4, 0.5) is 0 Å². The molecule has 2 saturated heterocycles. The van der Waals surface area contributed by atoms with Gasteiger partial charge in [-0.3, -0.25) is 9.88 Å². The highest BCUT2D eigenvalue weighted by Gasteiger charge is 2.44. The highest BCUT2D eigenvalue weighted by Crippen LogP contribution is 2.48. The number of likely N-dealkylation sites (tertiary alicyclic amines) is 1. The number of aromatic carboxylic acids is 1. The number of hydrogen-bond acceptors (Lipinski definition) is 9. The Labute approximate surface area is 245 Å². The van der Waals surface area contributed by atoms with Gasteiger partial charge in [-0.2, -0.15) is 0 Å². The number of thiazole rings is 1. The van der Waals surface area contributed by atoms with Crippen molar-refractivity contribution in [3.8, 4) is 5.75 Å². The lowest BCUT2D eigenvalue weighted by molar-refractivity contribution is -0.244. The van der Waals surface area contributed by atoms with E-state index in [1.54, 1.807) is 12.3 Å². The van der Waals surface area contributed by atoms with Crippen LogP contribution in [0.1, 0.15) is 59.2 Å². The Morgan fingerprint density at radius 3 is 2.68 bits per heavy atom. The average molecular weight is 596 g/mol. The van der Waals surface area contributed by atoms with Crippen LogP contribution in [-0.4, -0.2) is 61.3 Å². The summed E-state index contributed by atoms with van der Waals surface area (Å²) in [5.41, 5.74) is 2.38. The van der Waals surface area contributed by atoms with Crippen LogP contribution in [0, 0.1) is 5.92 Å². The first-order chi connectivity index (χ1) is 19.9. The van der Waals surface area contributed by atoms with E-state index in [9.17, 15) is 9.90 Å². The lowest BCUT2D eigenvalue weighted by atomic mass is 9.86. The van der Waals surface area contributed by atoms with Crippen molar-refractivity contribution in [2.75, 3.05) is 19.7 Å². The van der Waals surface area contributed by atoms with Crippen LogP contribution >= 0.6 is 22.9 Å². The zero-order valence-corrected chi connectivity index (χ0v) is 24.1. The van der Waals surface area contributed by atoms with Crippen molar-refractivity contribution < 1.29 is 24.1 Å². The molecule has 0 spiro atoms. The third-order valence-corrected chi connectivity index (χ3v) is 9.40.